The Kier molecular flexibility index (Phi) is 8.93. The Bertz CT molecular complexity index is 1670. The molecular weight excluding hydrogens is 560 g/mol. The number of nitrogens with one attached hydrogen (secondary N) is 2. The maximum atomic E-state index is 13.1. The van der Waals surface area contributed by atoms with Crippen molar-refractivity contribution in [3.8, 4) is 22.8 Å². The van der Waals surface area contributed by atoms with Crippen LogP contribution in [0.25, 0.3) is 22.8 Å². The molecular formula is C29H27ClN8O4. The van der Waals surface area contributed by atoms with Gasteiger partial charge in [-0.25, -0.2) is 15.0 Å². The Morgan fingerprint density at radius 3 is 2.43 bits per heavy atom. The number of benzene rings is 2. The van der Waals surface area contributed by atoms with Gasteiger partial charge in [0.05, 0.1) is 12.1 Å². The number of amides is 1. The fourth-order valence-electron chi connectivity index (χ4n) is 4.53. The second-order valence-corrected chi connectivity index (χ2v) is 9.98. The summed E-state index contributed by atoms with van der Waals surface area (Å²) in [7, 11) is 0. The van der Waals surface area contributed by atoms with Crippen LogP contribution in [0.5, 0.6) is 0 Å². The highest BCUT2D eigenvalue weighted by Crippen LogP contribution is 2.27. The molecule has 0 saturated carbocycles. The lowest BCUT2D eigenvalue weighted by Crippen LogP contribution is -2.38. The minimum atomic E-state index is -1.05. The summed E-state index contributed by atoms with van der Waals surface area (Å²) in [6, 6.07) is 13.9. The first-order valence-corrected chi connectivity index (χ1v) is 13.7. The van der Waals surface area contributed by atoms with Gasteiger partial charge in [-0.1, -0.05) is 67.4 Å². The lowest BCUT2D eigenvalue weighted by molar-refractivity contribution is -0.137. The third-order valence-corrected chi connectivity index (χ3v) is 6.83. The fraction of sp³-hybridized carbons (Fsp3) is 0.241. The molecule has 214 valence electrons. The first kappa shape index (κ1) is 28.6. The smallest absolute Gasteiger partial charge is 0.307 e. The number of hydrogen-bond acceptors (Lipinski definition) is 9. The number of carboxylic acid groups (broad SMARTS) is 1. The molecule has 1 unspecified atom stereocenters. The highest BCUT2D eigenvalue weighted by atomic mass is 35.5. The quantitative estimate of drug-likeness (QED) is 0.191. The van der Waals surface area contributed by atoms with Crippen molar-refractivity contribution in [2.75, 3.05) is 0 Å². The van der Waals surface area contributed by atoms with Crippen LogP contribution >= 0.6 is 11.6 Å². The maximum Gasteiger partial charge on any atom is 0.307 e. The summed E-state index contributed by atoms with van der Waals surface area (Å²) in [5, 5.41) is 26.9. The maximum absolute atomic E-state index is 13.1. The van der Waals surface area contributed by atoms with Gasteiger partial charge in [0.25, 0.3) is 5.89 Å². The Hall–Kier alpha value is -4.97. The fourth-order valence-corrected chi connectivity index (χ4v) is 4.74. The van der Waals surface area contributed by atoms with Gasteiger partial charge in [0.15, 0.2) is 5.82 Å². The number of oxazole rings is 1. The van der Waals surface area contributed by atoms with Gasteiger partial charge >= 0.3 is 11.9 Å². The third-order valence-electron chi connectivity index (χ3n) is 6.46. The van der Waals surface area contributed by atoms with E-state index in [2.05, 4.69) is 40.9 Å². The number of halogens is 1. The van der Waals surface area contributed by atoms with E-state index in [4.69, 9.17) is 16.0 Å². The molecule has 0 radical (unpaired) electrons. The van der Waals surface area contributed by atoms with E-state index >= 15 is 0 Å². The SMILES string of the molecule is CCCc1nc(C(=O)NC(CC(=O)O)Cc2ccccc2Cl)oc1Cc1cnc(-c2ccccc2-c2nn[nH]n2)nc1. The molecule has 0 bridgehead atoms. The lowest BCUT2D eigenvalue weighted by Gasteiger charge is -2.16. The molecule has 5 aromatic rings. The summed E-state index contributed by atoms with van der Waals surface area (Å²) in [4.78, 5) is 38.2. The minimum absolute atomic E-state index is 0.130. The average molecular weight is 587 g/mol. The van der Waals surface area contributed by atoms with Gasteiger partial charge in [0, 0.05) is 41.0 Å². The molecule has 3 heterocycles. The monoisotopic (exact) mass is 586 g/mol. The molecule has 0 spiro atoms. The number of aryl methyl sites for hydroxylation is 1. The molecule has 5 rings (SSSR count). The van der Waals surface area contributed by atoms with Crippen LogP contribution in [0.3, 0.4) is 0 Å². The molecule has 0 aliphatic carbocycles. The van der Waals surface area contributed by atoms with Gasteiger partial charge < -0.3 is 14.8 Å². The summed E-state index contributed by atoms with van der Waals surface area (Å²) in [5.74, 6) is -0.320. The Labute approximate surface area is 245 Å². The van der Waals surface area contributed by atoms with E-state index in [0.29, 0.717) is 41.0 Å². The molecule has 13 heteroatoms. The molecule has 0 fully saturated rings. The number of rotatable bonds is 12. The molecule has 3 aromatic heterocycles. The largest absolute Gasteiger partial charge is 0.481 e. The van der Waals surface area contributed by atoms with E-state index in [-0.39, 0.29) is 18.7 Å². The van der Waals surface area contributed by atoms with Crippen LogP contribution in [0.1, 0.15) is 53.0 Å². The number of tetrazole rings is 1. The first-order valence-electron chi connectivity index (χ1n) is 13.3. The number of carbonyl (C=O) groups excluding carboxylic acids is 1. The van der Waals surface area contributed by atoms with Crippen molar-refractivity contribution < 1.29 is 19.1 Å². The predicted molar refractivity (Wildman–Crippen MR) is 153 cm³/mol. The Morgan fingerprint density at radius 1 is 1.05 bits per heavy atom. The molecule has 1 atom stereocenters. The highest BCUT2D eigenvalue weighted by molar-refractivity contribution is 6.31. The van der Waals surface area contributed by atoms with Crippen LogP contribution in [-0.4, -0.2) is 58.6 Å². The van der Waals surface area contributed by atoms with Crippen molar-refractivity contribution in [1.29, 1.82) is 0 Å². The van der Waals surface area contributed by atoms with E-state index in [9.17, 15) is 14.7 Å². The van der Waals surface area contributed by atoms with Crippen molar-refractivity contribution in [2.24, 2.45) is 0 Å². The summed E-state index contributed by atoms with van der Waals surface area (Å²) >= 11 is 6.26. The number of aromatic nitrogens is 7. The van der Waals surface area contributed by atoms with E-state index in [0.717, 1.165) is 28.7 Å². The summed E-state index contributed by atoms with van der Waals surface area (Å²) in [6.45, 7) is 2.00. The van der Waals surface area contributed by atoms with Crippen molar-refractivity contribution in [2.45, 2.75) is 45.1 Å². The standard InChI is InChI=1S/C29H27ClN8O4/c1-2-7-23-24(12-17-15-31-26(32-16-17)20-9-4-5-10-21(20)27-35-37-38-36-27)42-29(34-23)28(41)33-19(14-25(39)40)13-18-8-3-6-11-22(18)30/h3-6,8-11,15-16,19H,2,7,12-14H2,1H3,(H,33,41)(H,39,40)(H,35,36,37,38). The van der Waals surface area contributed by atoms with Gasteiger partial charge in [0.2, 0.25) is 5.82 Å². The van der Waals surface area contributed by atoms with Gasteiger partial charge in [-0.2, -0.15) is 5.21 Å². The number of carboxylic acids is 1. The number of nitrogens with zero attached hydrogens (tertiary/aromatic N) is 6. The van der Waals surface area contributed by atoms with Crippen LogP contribution in [0.15, 0.2) is 65.3 Å². The second kappa shape index (κ2) is 13.1. The second-order valence-electron chi connectivity index (χ2n) is 9.58. The zero-order valence-electron chi connectivity index (χ0n) is 22.6. The van der Waals surface area contributed by atoms with Crippen molar-refractivity contribution in [3.05, 3.63) is 94.4 Å². The molecule has 0 aliphatic heterocycles. The van der Waals surface area contributed by atoms with E-state index in [1.54, 1.807) is 36.7 Å². The molecule has 0 aliphatic rings. The summed E-state index contributed by atoms with van der Waals surface area (Å²) < 4.78 is 5.92. The van der Waals surface area contributed by atoms with E-state index in [1.165, 1.54) is 0 Å². The van der Waals surface area contributed by atoms with Crippen molar-refractivity contribution in [3.63, 3.8) is 0 Å². The van der Waals surface area contributed by atoms with Crippen molar-refractivity contribution >= 4 is 23.5 Å². The molecule has 3 N–H and O–H groups in total. The Balaban J connectivity index is 1.33. The first-order chi connectivity index (χ1) is 20.4. The zero-order chi connectivity index (χ0) is 29.5. The number of aliphatic carboxylic acids is 1. The van der Waals surface area contributed by atoms with Gasteiger partial charge in [-0.05, 0) is 35.2 Å². The van der Waals surface area contributed by atoms with Crippen LogP contribution in [0, 0.1) is 0 Å². The lowest BCUT2D eigenvalue weighted by atomic mass is 10.0. The molecule has 12 nitrogen and oxygen atoms in total. The van der Waals surface area contributed by atoms with Crippen LogP contribution < -0.4 is 5.32 Å². The van der Waals surface area contributed by atoms with Gasteiger partial charge in [0.1, 0.15) is 5.76 Å². The summed E-state index contributed by atoms with van der Waals surface area (Å²) in [5.41, 5.74) is 3.64. The van der Waals surface area contributed by atoms with Crippen molar-refractivity contribution in [1.82, 2.24) is 40.9 Å². The number of H-pyrrole nitrogens is 1. The summed E-state index contributed by atoms with van der Waals surface area (Å²) in [6.07, 6.45) is 5.05. The van der Waals surface area contributed by atoms with Crippen LogP contribution in [-0.2, 0) is 24.1 Å². The third kappa shape index (κ3) is 6.84. The highest BCUT2D eigenvalue weighted by Gasteiger charge is 2.24. The zero-order valence-corrected chi connectivity index (χ0v) is 23.4. The van der Waals surface area contributed by atoms with E-state index < -0.39 is 17.9 Å². The molecule has 42 heavy (non-hydrogen) atoms. The van der Waals surface area contributed by atoms with Gasteiger partial charge in [-0.15, -0.1) is 10.2 Å². The van der Waals surface area contributed by atoms with Crippen LogP contribution in [0.4, 0.5) is 0 Å². The number of hydrogen-bond donors (Lipinski definition) is 3. The minimum Gasteiger partial charge on any atom is -0.481 e. The van der Waals surface area contributed by atoms with Crippen LogP contribution in [0.2, 0.25) is 5.02 Å². The molecule has 2 aromatic carbocycles. The van der Waals surface area contributed by atoms with Gasteiger partial charge in [-0.3, -0.25) is 9.59 Å². The Morgan fingerprint density at radius 2 is 1.76 bits per heavy atom. The molecule has 0 saturated heterocycles. The van der Waals surface area contributed by atoms with E-state index in [1.807, 2.05) is 31.2 Å². The normalized spacial score (nSPS) is 11.8. The predicted octanol–water partition coefficient (Wildman–Crippen LogP) is 4.32. The number of aromatic amines is 1. The average Bonchev–Trinajstić information content (AvgIpc) is 3.66. The topological polar surface area (TPSA) is 173 Å². The number of carbonyl (C=O) groups is 2. The molecule has 1 amide bonds.